The first-order valence-corrected chi connectivity index (χ1v) is 14.0. The molecule has 2 unspecified atom stereocenters. The minimum atomic E-state index is -0.0280. The number of piperidine rings is 1. The summed E-state index contributed by atoms with van der Waals surface area (Å²) in [7, 11) is 3.66. The Hall–Kier alpha value is -3.56. The van der Waals surface area contributed by atoms with E-state index >= 15 is 0 Å². The summed E-state index contributed by atoms with van der Waals surface area (Å²) in [4.78, 5) is 22.8. The maximum Gasteiger partial charge on any atom is 0.254 e. The van der Waals surface area contributed by atoms with Crippen LogP contribution in [-0.4, -0.2) is 76.0 Å². The molecular weight excluding hydrogens is 492 g/mol. The van der Waals surface area contributed by atoms with Gasteiger partial charge in [-0.25, -0.2) is 4.98 Å². The Bertz CT molecular complexity index is 1540. The molecule has 3 N–H and O–H groups in total. The molecule has 0 radical (unpaired) electrons. The van der Waals surface area contributed by atoms with Crippen molar-refractivity contribution in [3.05, 3.63) is 42.0 Å². The molecule has 9 nitrogen and oxygen atoms in total. The van der Waals surface area contributed by atoms with E-state index in [1.807, 2.05) is 24.1 Å². The number of nitrogens with two attached hydrogens (primary N) is 1. The Morgan fingerprint density at radius 3 is 2.79 bits per heavy atom. The Morgan fingerprint density at radius 1 is 1.21 bits per heavy atom. The number of hydrogen-bond donors (Lipinski definition) is 2. The third-order valence-electron chi connectivity index (χ3n) is 8.41. The molecule has 6 rings (SSSR count). The van der Waals surface area contributed by atoms with Crippen LogP contribution in [0.2, 0.25) is 0 Å². The van der Waals surface area contributed by atoms with Gasteiger partial charge in [0.15, 0.2) is 5.82 Å². The molecule has 2 aliphatic heterocycles. The lowest BCUT2D eigenvalue weighted by atomic mass is 10.0. The molecule has 0 aliphatic carbocycles. The largest absolute Gasteiger partial charge is 0.494 e. The molecule has 2 aromatic heterocycles. The minimum Gasteiger partial charge on any atom is -0.494 e. The molecule has 0 saturated carbocycles. The van der Waals surface area contributed by atoms with Crippen LogP contribution in [0.4, 0.5) is 5.69 Å². The third-order valence-corrected chi connectivity index (χ3v) is 8.41. The zero-order valence-electron chi connectivity index (χ0n) is 23.1. The fourth-order valence-electron chi connectivity index (χ4n) is 6.49. The quantitative estimate of drug-likeness (QED) is 0.376. The SMILES string of the molecule is CCC1CN(CCCO)c2cccc3cc(-c4nc5cc(C(=O)N6CCCC(N)C6)cc(OC)c5n4C)n1c23. The van der Waals surface area contributed by atoms with Crippen molar-refractivity contribution in [2.24, 2.45) is 12.8 Å². The number of methoxy groups -OCH3 is 1. The maximum atomic E-state index is 13.4. The summed E-state index contributed by atoms with van der Waals surface area (Å²) in [6.45, 7) is 5.41. The predicted molar refractivity (Wildman–Crippen MR) is 155 cm³/mol. The van der Waals surface area contributed by atoms with E-state index < -0.39 is 0 Å². The van der Waals surface area contributed by atoms with Crippen LogP contribution in [-0.2, 0) is 7.05 Å². The number of rotatable bonds is 7. The maximum absolute atomic E-state index is 13.4. The minimum absolute atomic E-state index is 0.0197. The van der Waals surface area contributed by atoms with E-state index in [0.29, 0.717) is 17.9 Å². The van der Waals surface area contributed by atoms with Gasteiger partial charge in [-0.1, -0.05) is 19.1 Å². The van der Waals surface area contributed by atoms with E-state index in [1.165, 1.54) is 16.6 Å². The van der Waals surface area contributed by atoms with Crippen molar-refractivity contribution < 1.29 is 14.6 Å². The Labute approximate surface area is 228 Å². The second-order valence-corrected chi connectivity index (χ2v) is 10.9. The Kier molecular flexibility index (Phi) is 6.72. The van der Waals surface area contributed by atoms with Gasteiger partial charge in [0.25, 0.3) is 5.91 Å². The third kappa shape index (κ3) is 4.24. The second kappa shape index (κ2) is 10.2. The van der Waals surface area contributed by atoms with Gasteiger partial charge in [-0.3, -0.25) is 4.79 Å². The van der Waals surface area contributed by atoms with Crippen LogP contribution in [0.3, 0.4) is 0 Å². The number of para-hydroxylation sites is 1. The fourth-order valence-corrected chi connectivity index (χ4v) is 6.49. The van der Waals surface area contributed by atoms with Gasteiger partial charge in [0.05, 0.1) is 35.6 Å². The van der Waals surface area contributed by atoms with Crippen molar-refractivity contribution in [2.75, 3.05) is 44.8 Å². The van der Waals surface area contributed by atoms with Crippen molar-refractivity contribution in [3.63, 3.8) is 0 Å². The van der Waals surface area contributed by atoms with E-state index in [2.05, 4.69) is 45.2 Å². The normalized spacial score (nSPS) is 19.3. The first-order chi connectivity index (χ1) is 18.9. The lowest BCUT2D eigenvalue weighted by Gasteiger charge is -2.36. The highest BCUT2D eigenvalue weighted by Crippen LogP contribution is 2.42. The van der Waals surface area contributed by atoms with E-state index in [-0.39, 0.29) is 24.6 Å². The molecule has 39 heavy (non-hydrogen) atoms. The highest BCUT2D eigenvalue weighted by Gasteiger charge is 2.30. The smallest absolute Gasteiger partial charge is 0.254 e. The Morgan fingerprint density at radius 2 is 2.05 bits per heavy atom. The monoisotopic (exact) mass is 530 g/mol. The number of likely N-dealkylation sites (tertiary alicyclic amines) is 1. The van der Waals surface area contributed by atoms with Gasteiger partial charge in [0.1, 0.15) is 11.3 Å². The fraction of sp³-hybridized carbons (Fsp3) is 0.467. The number of hydrogen-bond acceptors (Lipinski definition) is 6. The number of aliphatic hydroxyl groups is 1. The number of amides is 1. The zero-order chi connectivity index (χ0) is 27.3. The number of carbonyl (C=O) groups excluding carboxylic acids is 1. The number of fused-ring (bicyclic) bond motifs is 1. The number of carbonyl (C=O) groups is 1. The summed E-state index contributed by atoms with van der Waals surface area (Å²) in [5.74, 6) is 1.45. The van der Waals surface area contributed by atoms with Crippen LogP contribution in [0.25, 0.3) is 33.5 Å². The number of ether oxygens (including phenoxy) is 1. The van der Waals surface area contributed by atoms with Crippen LogP contribution in [0.1, 0.15) is 49.0 Å². The van der Waals surface area contributed by atoms with Gasteiger partial charge in [0, 0.05) is 56.8 Å². The number of nitrogens with zero attached hydrogens (tertiary/aromatic N) is 5. The molecule has 9 heteroatoms. The zero-order valence-corrected chi connectivity index (χ0v) is 23.1. The van der Waals surface area contributed by atoms with Crippen LogP contribution in [0.15, 0.2) is 36.4 Å². The van der Waals surface area contributed by atoms with Crippen LogP contribution in [0.5, 0.6) is 5.75 Å². The number of aliphatic hydroxyl groups excluding tert-OH is 1. The average Bonchev–Trinajstić information content (AvgIpc) is 3.50. The number of aryl methyl sites for hydroxylation is 1. The number of imidazole rings is 1. The number of aromatic nitrogens is 3. The summed E-state index contributed by atoms with van der Waals surface area (Å²) < 4.78 is 10.3. The van der Waals surface area contributed by atoms with Crippen LogP contribution < -0.4 is 15.4 Å². The summed E-state index contributed by atoms with van der Waals surface area (Å²) in [6, 6.07) is 12.7. The molecule has 2 aromatic carbocycles. The summed E-state index contributed by atoms with van der Waals surface area (Å²) >= 11 is 0. The van der Waals surface area contributed by atoms with E-state index in [9.17, 15) is 9.90 Å². The molecule has 1 amide bonds. The predicted octanol–water partition coefficient (Wildman–Crippen LogP) is 3.92. The molecule has 4 aromatic rings. The van der Waals surface area contributed by atoms with Gasteiger partial charge >= 0.3 is 0 Å². The van der Waals surface area contributed by atoms with Crippen LogP contribution >= 0.6 is 0 Å². The average molecular weight is 531 g/mol. The molecule has 2 atom stereocenters. The molecule has 206 valence electrons. The van der Waals surface area contributed by atoms with Gasteiger partial charge < -0.3 is 34.5 Å². The van der Waals surface area contributed by atoms with Gasteiger partial charge in [-0.15, -0.1) is 0 Å². The van der Waals surface area contributed by atoms with E-state index in [0.717, 1.165) is 67.9 Å². The number of benzene rings is 2. The summed E-state index contributed by atoms with van der Waals surface area (Å²) in [5, 5.41) is 10.6. The highest BCUT2D eigenvalue weighted by molar-refractivity contribution is 6.01. The van der Waals surface area contributed by atoms with Crippen molar-refractivity contribution in [1.29, 1.82) is 0 Å². The Balaban J connectivity index is 1.49. The standard InChI is InChI=1S/C30H38N6O3/c1-4-22-18-34(12-7-13-37)24-10-5-8-19-15-25(36(22)27(19)24)29-32-23-14-20(16-26(39-3)28(23)33(29)2)30(38)35-11-6-9-21(31)17-35/h5,8,10,14-16,21-22,37H,4,6-7,9,11-13,17-18,31H2,1-3H3. The van der Waals surface area contributed by atoms with Gasteiger partial charge in [0.2, 0.25) is 0 Å². The van der Waals surface area contributed by atoms with Crippen molar-refractivity contribution in [3.8, 4) is 17.3 Å². The second-order valence-electron chi connectivity index (χ2n) is 10.9. The molecule has 0 bridgehead atoms. The lowest BCUT2D eigenvalue weighted by molar-refractivity contribution is 0.0708. The molecule has 0 spiro atoms. The first kappa shape index (κ1) is 25.7. The highest BCUT2D eigenvalue weighted by atomic mass is 16.5. The summed E-state index contributed by atoms with van der Waals surface area (Å²) in [5.41, 5.74) is 11.8. The molecule has 2 aliphatic rings. The molecule has 1 saturated heterocycles. The van der Waals surface area contributed by atoms with Gasteiger partial charge in [-0.2, -0.15) is 0 Å². The lowest BCUT2D eigenvalue weighted by Crippen LogP contribution is -2.45. The first-order valence-electron chi connectivity index (χ1n) is 14.0. The van der Waals surface area contributed by atoms with Crippen molar-refractivity contribution in [1.82, 2.24) is 19.0 Å². The molecular formula is C30H38N6O3. The van der Waals surface area contributed by atoms with Gasteiger partial charge in [-0.05, 0) is 49.9 Å². The molecule has 1 fully saturated rings. The van der Waals surface area contributed by atoms with Crippen LogP contribution in [0, 0.1) is 0 Å². The summed E-state index contributed by atoms with van der Waals surface area (Å²) in [6.07, 6.45) is 3.59. The van der Waals surface area contributed by atoms with E-state index in [4.69, 9.17) is 15.5 Å². The van der Waals surface area contributed by atoms with E-state index in [1.54, 1.807) is 7.11 Å². The topological polar surface area (TPSA) is 102 Å². The number of anilines is 1. The van der Waals surface area contributed by atoms with Crippen molar-refractivity contribution >= 4 is 33.5 Å². The molecule has 4 heterocycles. The van der Waals surface area contributed by atoms with Crippen molar-refractivity contribution in [2.45, 2.75) is 44.7 Å².